The number of carbonyl (C=O) groups excluding carboxylic acids is 2. The van der Waals surface area contributed by atoms with Gasteiger partial charge in [0.2, 0.25) is 11.7 Å². The minimum atomic E-state index is -0.175. The van der Waals surface area contributed by atoms with Crippen molar-refractivity contribution in [3.8, 4) is 16.4 Å². The molecular formula is C27H27N5O2S. The number of aryl methyl sites for hydroxylation is 1. The molecule has 1 saturated heterocycles. The molecule has 1 fully saturated rings. The van der Waals surface area contributed by atoms with Crippen LogP contribution in [0.4, 0.5) is 0 Å². The van der Waals surface area contributed by atoms with Gasteiger partial charge in [-0.2, -0.15) is 0 Å². The Balaban J connectivity index is 1.21. The summed E-state index contributed by atoms with van der Waals surface area (Å²) in [6.45, 7) is 1.13. The van der Waals surface area contributed by atoms with Gasteiger partial charge in [-0.15, -0.1) is 16.4 Å². The molecule has 5 rings (SSSR count). The minimum Gasteiger partial charge on any atom is -0.353 e. The van der Waals surface area contributed by atoms with Gasteiger partial charge in [-0.1, -0.05) is 54.6 Å². The fraction of sp³-hybridized carbons (Fsp3) is 0.259. The van der Waals surface area contributed by atoms with Crippen LogP contribution in [0.15, 0.2) is 78.2 Å². The van der Waals surface area contributed by atoms with Crippen molar-refractivity contribution < 1.29 is 9.59 Å². The molecule has 8 heteroatoms. The zero-order valence-electron chi connectivity index (χ0n) is 19.3. The van der Waals surface area contributed by atoms with Crippen molar-refractivity contribution in [2.24, 2.45) is 0 Å². The Kier molecular flexibility index (Phi) is 6.99. The zero-order valence-corrected chi connectivity index (χ0v) is 20.2. The lowest BCUT2D eigenvalue weighted by Gasteiger charge is -2.31. The first-order valence-corrected chi connectivity index (χ1v) is 12.7. The van der Waals surface area contributed by atoms with Crippen molar-refractivity contribution in [1.82, 2.24) is 25.0 Å². The number of carbonyl (C=O) groups is 2. The van der Waals surface area contributed by atoms with Gasteiger partial charge >= 0.3 is 0 Å². The molecule has 0 unspecified atom stereocenters. The molecule has 0 aliphatic carbocycles. The Morgan fingerprint density at radius 3 is 2.34 bits per heavy atom. The van der Waals surface area contributed by atoms with Crippen LogP contribution >= 0.6 is 11.3 Å². The molecule has 0 saturated carbocycles. The lowest BCUT2D eigenvalue weighted by atomic mass is 10.0. The Bertz CT molecular complexity index is 1260. The molecule has 2 amide bonds. The van der Waals surface area contributed by atoms with E-state index in [1.165, 1.54) is 0 Å². The Hall–Kier alpha value is -3.78. The number of hydrogen-bond acceptors (Lipinski definition) is 5. The van der Waals surface area contributed by atoms with Gasteiger partial charge in [0, 0.05) is 25.6 Å². The van der Waals surface area contributed by atoms with Gasteiger partial charge in [0.05, 0.1) is 10.6 Å². The Labute approximate surface area is 208 Å². The number of amides is 2. The van der Waals surface area contributed by atoms with Crippen LogP contribution < -0.4 is 5.32 Å². The summed E-state index contributed by atoms with van der Waals surface area (Å²) < 4.78 is 1.73. The van der Waals surface area contributed by atoms with Crippen molar-refractivity contribution in [3.05, 3.63) is 89.6 Å². The monoisotopic (exact) mass is 485 g/mol. The van der Waals surface area contributed by atoms with E-state index in [1.54, 1.807) is 20.9 Å². The number of piperidine rings is 1. The van der Waals surface area contributed by atoms with E-state index in [1.807, 2.05) is 78.2 Å². The molecule has 3 heterocycles. The zero-order chi connectivity index (χ0) is 24.0. The second kappa shape index (κ2) is 10.7. The van der Waals surface area contributed by atoms with Crippen molar-refractivity contribution in [1.29, 1.82) is 0 Å². The van der Waals surface area contributed by atoms with Gasteiger partial charge in [0.1, 0.15) is 0 Å². The SMILES string of the molecule is O=C(CCc1ccccc1)NC1CCN(C(=O)c2nc(-c3cccs3)n(-c3ccccc3)n2)CC1. The van der Waals surface area contributed by atoms with Gasteiger partial charge in [0.15, 0.2) is 5.82 Å². The lowest BCUT2D eigenvalue weighted by molar-refractivity contribution is -0.122. The van der Waals surface area contributed by atoms with Crippen LogP contribution in [0.5, 0.6) is 0 Å². The molecule has 1 N–H and O–H groups in total. The third kappa shape index (κ3) is 5.49. The minimum absolute atomic E-state index is 0.0579. The van der Waals surface area contributed by atoms with Gasteiger partial charge in [-0.25, -0.2) is 9.67 Å². The van der Waals surface area contributed by atoms with E-state index < -0.39 is 0 Å². The average molecular weight is 486 g/mol. The molecule has 4 aromatic rings. The maximum atomic E-state index is 13.3. The van der Waals surface area contributed by atoms with Crippen LogP contribution in [0.2, 0.25) is 0 Å². The second-order valence-electron chi connectivity index (χ2n) is 8.60. The Morgan fingerprint density at radius 1 is 0.943 bits per heavy atom. The topological polar surface area (TPSA) is 80.1 Å². The largest absolute Gasteiger partial charge is 0.353 e. The predicted molar refractivity (Wildman–Crippen MR) is 137 cm³/mol. The molecule has 2 aromatic carbocycles. The van der Waals surface area contributed by atoms with Crippen molar-refractivity contribution in [3.63, 3.8) is 0 Å². The van der Waals surface area contributed by atoms with Gasteiger partial charge in [0.25, 0.3) is 5.91 Å². The van der Waals surface area contributed by atoms with Crippen molar-refractivity contribution in [2.45, 2.75) is 31.7 Å². The van der Waals surface area contributed by atoms with Crippen LogP contribution in [0.1, 0.15) is 35.4 Å². The standard InChI is InChI=1S/C27H27N5O2S/c33-24(14-13-20-8-3-1-4-9-20)28-21-15-17-31(18-16-21)27(34)25-29-26(23-12-7-19-35-23)32(30-25)22-10-5-2-6-11-22/h1-12,19,21H,13-18H2,(H,28,33). The first-order chi connectivity index (χ1) is 17.2. The van der Waals surface area contributed by atoms with Crippen LogP contribution in [0, 0.1) is 0 Å². The average Bonchev–Trinajstić information content (AvgIpc) is 3.59. The van der Waals surface area contributed by atoms with Crippen molar-refractivity contribution in [2.75, 3.05) is 13.1 Å². The van der Waals surface area contributed by atoms with Crippen LogP contribution in [0.25, 0.3) is 16.4 Å². The van der Waals surface area contributed by atoms with E-state index in [0.717, 1.165) is 35.4 Å². The second-order valence-corrected chi connectivity index (χ2v) is 9.55. The third-order valence-corrected chi connectivity index (χ3v) is 7.04. The normalized spacial score (nSPS) is 14.1. The smallest absolute Gasteiger partial charge is 0.293 e. The molecule has 178 valence electrons. The van der Waals surface area contributed by atoms with E-state index in [0.29, 0.717) is 25.3 Å². The molecule has 1 aliphatic heterocycles. The lowest BCUT2D eigenvalue weighted by Crippen LogP contribution is -2.46. The molecule has 2 aromatic heterocycles. The van der Waals surface area contributed by atoms with Gasteiger partial charge < -0.3 is 10.2 Å². The highest BCUT2D eigenvalue weighted by Gasteiger charge is 2.28. The van der Waals surface area contributed by atoms with E-state index in [9.17, 15) is 9.59 Å². The summed E-state index contributed by atoms with van der Waals surface area (Å²) in [4.78, 5) is 33.0. The number of likely N-dealkylation sites (tertiary alicyclic amines) is 1. The maximum absolute atomic E-state index is 13.3. The molecule has 0 radical (unpaired) electrons. The summed E-state index contributed by atoms with van der Waals surface area (Å²) >= 11 is 1.57. The maximum Gasteiger partial charge on any atom is 0.293 e. The molecule has 0 spiro atoms. The first-order valence-electron chi connectivity index (χ1n) is 11.9. The summed E-state index contributed by atoms with van der Waals surface area (Å²) in [6, 6.07) is 23.8. The quantitative estimate of drug-likeness (QED) is 0.422. The van der Waals surface area contributed by atoms with Crippen LogP contribution in [-0.2, 0) is 11.2 Å². The summed E-state index contributed by atoms with van der Waals surface area (Å²) in [6.07, 6.45) is 2.64. The number of thiophene rings is 1. The van der Waals surface area contributed by atoms with Crippen LogP contribution in [0.3, 0.4) is 0 Å². The molecule has 0 bridgehead atoms. The summed E-state index contributed by atoms with van der Waals surface area (Å²) in [5, 5.41) is 9.70. The van der Waals surface area contributed by atoms with Crippen molar-refractivity contribution >= 4 is 23.2 Å². The number of benzene rings is 2. The van der Waals surface area contributed by atoms with E-state index in [2.05, 4.69) is 15.4 Å². The highest BCUT2D eigenvalue weighted by molar-refractivity contribution is 7.13. The highest BCUT2D eigenvalue weighted by atomic mass is 32.1. The molecule has 1 aliphatic rings. The number of rotatable bonds is 7. The molecule has 7 nitrogen and oxygen atoms in total. The van der Waals surface area contributed by atoms with E-state index >= 15 is 0 Å². The number of nitrogens with one attached hydrogen (secondary N) is 1. The number of hydrogen-bond donors (Lipinski definition) is 1. The van der Waals surface area contributed by atoms with Gasteiger partial charge in [-0.3, -0.25) is 9.59 Å². The van der Waals surface area contributed by atoms with E-state index in [4.69, 9.17) is 0 Å². The fourth-order valence-electron chi connectivity index (χ4n) is 4.29. The first kappa shape index (κ1) is 23.0. The molecule has 35 heavy (non-hydrogen) atoms. The number of nitrogens with zero attached hydrogens (tertiary/aromatic N) is 4. The molecular weight excluding hydrogens is 458 g/mol. The fourth-order valence-corrected chi connectivity index (χ4v) is 4.99. The predicted octanol–water partition coefficient (Wildman–Crippen LogP) is 4.35. The van der Waals surface area contributed by atoms with Gasteiger partial charge in [-0.05, 0) is 48.4 Å². The number of para-hydroxylation sites is 1. The summed E-state index contributed by atoms with van der Waals surface area (Å²) in [5.41, 5.74) is 2.02. The molecule has 0 atom stereocenters. The van der Waals surface area contributed by atoms with Crippen LogP contribution in [-0.4, -0.2) is 50.6 Å². The summed E-state index contributed by atoms with van der Waals surface area (Å²) in [5.74, 6) is 0.742. The highest BCUT2D eigenvalue weighted by Crippen LogP contribution is 2.26. The van der Waals surface area contributed by atoms with E-state index in [-0.39, 0.29) is 23.7 Å². The summed E-state index contributed by atoms with van der Waals surface area (Å²) in [7, 11) is 0. The third-order valence-electron chi connectivity index (χ3n) is 6.17. The Morgan fingerprint density at radius 2 is 1.66 bits per heavy atom. The number of aromatic nitrogens is 3.